The highest BCUT2D eigenvalue weighted by Gasteiger charge is 2.29. The minimum absolute atomic E-state index is 0.0751. The number of hydrogen-bond donors (Lipinski definition) is 2. The molecule has 2 N–H and O–H groups in total. The Bertz CT molecular complexity index is 553. The van der Waals surface area contributed by atoms with Gasteiger partial charge in [0.05, 0.1) is 5.56 Å². The van der Waals surface area contributed by atoms with Crippen LogP contribution in [0.4, 0.5) is 0 Å². The van der Waals surface area contributed by atoms with Crippen molar-refractivity contribution >= 4 is 11.8 Å². The quantitative estimate of drug-likeness (QED) is 0.810. The van der Waals surface area contributed by atoms with Crippen molar-refractivity contribution in [2.45, 2.75) is 39.7 Å². The molecule has 1 aliphatic carbocycles. The SMILES string of the molecule is CCNC(=O)c1cccc(C)c1OCC(=O)N[C@@H](C)C1CC1. The van der Waals surface area contributed by atoms with E-state index >= 15 is 0 Å². The summed E-state index contributed by atoms with van der Waals surface area (Å²) in [6.45, 7) is 6.22. The Labute approximate surface area is 131 Å². The van der Waals surface area contributed by atoms with Crippen LogP contribution in [0.1, 0.15) is 42.6 Å². The number of nitrogens with one attached hydrogen (secondary N) is 2. The summed E-state index contributed by atoms with van der Waals surface area (Å²) in [6, 6.07) is 5.57. The Hall–Kier alpha value is -2.04. The second kappa shape index (κ2) is 7.29. The summed E-state index contributed by atoms with van der Waals surface area (Å²) in [6.07, 6.45) is 2.36. The molecular formula is C17H24N2O3. The van der Waals surface area contributed by atoms with Gasteiger partial charge in [-0.25, -0.2) is 0 Å². The van der Waals surface area contributed by atoms with Gasteiger partial charge in [-0.15, -0.1) is 0 Å². The maximum Gasteiger partial charge on any atom is 0.258 e. The van der Waals surface area contributed by atoms with Gasteiger partial charge in [0.1, 0.15) is 5.75 Å². The van der Waals surface area contributed by atoms with Crippen LogP contribution in [0.25, 0.3) is 0 Å². The van der Waals surface area contributed by atoms with Gasteiger partial charge in [-0.2, -0.15) is 0 Å². The molecule has 2 amide bonds. The molecule has 0 spiro atoms. The third kappa shape index (κ3) is 4.23. The lowest BCUT2D eigenvalue weighted by molar-refractivity contribution is -0.123. The van der Waals surface area contributed by atoms with Crippen LogP contribution in [0, 0.1) is 12.8 Å². The van der Waals surface area contributed by atoms with Crippen molar-refractivity contribution in [3.8, 4) is 5.75 Å². The lowest BCUT2D eigenvalue weighted by Crippen LogP contribution is -2.37. The van der Waals surface area contributed by atoms with Crippen LogP contribution < -0.4 is 15.4 Å². The molecule has 2 rings (SSSR count). The van der Waals surface area contributed by atoms with E-state index in [0.29, 0.717) is 23.8 Å². The molecule has 1 saturated carbocycles. The zero-order valence-corrected chi connectivity index (χ0v) is 13.4. The fraction of sp³-hybridized carbons (Fsp3) is 0.529. The van der Waals surface area contributed by atoms with Crippen molar-refractivity contribution in [3.05, 3.63) is 29.3 Å². The highest BCUT2D eigenvalue weighted by Crippen LogP contribution is 2.32. The van der Waals surface area contributed by atoms with E-state index in [1.54, 1.807) is 6.07 Å². The summed E-state index contributed by atoms with van der Waals surface area (Å²) in [7, 11) is 0. The summed E-state index contributed by atoms with van der Waals surface area (Å²) in [5, 5.41) is 5.69. The molecule has 1 atom stereocenters. The Morgan fingerprint density at radius 2 is 2.09 bits per heavy atom. The molecule has 1 aliphatic rings. The Morgan fingerprint density at radius 1 is 1.36 bits per heavy atom. The van der Waals surface area contributed by atoms with Crippen molar-refractivity contribution in [1.29, 1.82) is 0 Å². The Morgan fingerprint density at radius 3 is 2.73 bits per heavy atom. The van der Waals surface area contributed by atoms with E-state index in [-0.39, 0.29) is 24.5 Å². The van der Waals surface area contributed by atoms with E-state index in [0.717, 1.165) is 5.56 Å². The smallest absolute Gasteiger partial charge is 0.258 e. The van der Waals surface area contributed by atoms with Gasteiger partial charge < -0.3 is 15.4 Å². The maximum absolute atomic E-state index is 12.0. The molecule has 5 heteroatoms. The Kier molecular flexibility index (Phi) is 5.41. The van der Waals surface area contributed by atoms with Crippen molar-refractivity contribution in [1.82, 2.24) is 10.6 Å². The number of carbonyl (C=O) groups excluding carboxylic acids is 2. The predicted octanol–water partition coefficient (Wildman–Crippen LogP) is 2.04. The zero-order chi connectivity index (χ0) is 16.1. The molecule has 0 saturated heterocycles. The lowest BCUT2D eigenvalue weighted by atomic mass is 10.1. The summed E-state index contributed by atoms with van der Waals surface area (Å²) < 4.78 is 5.63. The first-order valence-corrected chi connectivity index (χ1v) is 7.83. The number of hydrogen-bond acceptors (Lipinski definition) is 3. The number of aryl methyl sites for hydroxylation is 1. The van der Waals surface area contributed by atoms with Gasteiger partial charge >= 0.3 is 0 Å². The highest BCUT2D eigenvalue weighted by molar-refractivity contribution is 5.97. The number of para-hydroxylation sites is 1. The minimum Gasteiger partial charge on any atom is -0.483 e. The number of benzene rings is 1. The van der Waals surface area contributed by atoms with E-state index in [2.05, 4.69) is 10.6 Å². The topological polar surface area (TPSA) is 67.4 Å². The average molecular weight is 304 g/mol. The number of amides is 2. The fourth-order valence-corrected chi connectivity index (χ4v) is 2.43. The van der Waals surface area contributed by atoms with E-state index in [1.165, 1.54) is 12.8 Å². The molecule has 0 radical (unpaired) electrons. The van der Waals surface area contributed by atoms with Crippen molar-refractivity contribution < 1.29 is 14.3 Å². The molecule has 1 fully saturated rings. The molecular weight excluding hydrogens is 280 g/mol. The van der Waals surface area contributed by atoms with E-state index in [9.17, 15) is 9.59 Å². The predicted molar refractivity (Wildman–Crippen MR) is 85.0 cm³/mol. The molecule has 1 aromatic rings. The second-order valence-electron chi connectivity index (χ2n) is 5.79. The number of rotatable bonds is 7. The first-order valence-electron chi connectivity index (χ1n) is 7.83. The van der Waals surface area contributed by atoms with Gasteiger partial charge in [0.15, 0.2) is 6.61 Å². The highest BCUT2D eigenvalue weighted by atomic mass is 16.5. The minimum atomic E-state index is -0.187. The largest absolute Gasteiger partial charge is 0.483 e. The third-order valence-electron chi connectivity index (χ3n) is 3.86. The Balaban J connectivity index is 1.98. The van der Waals surface area contributed by atoms with Crippen LogP contribution >= 0.6 is 0 Å². The molecule has 0 heterocycles. The van der Waals surface area contributed by atoms with Crippen molar-refractivity contribution in [2.24, 2.45) is 5.92 Å². The van der Waals surface area contributed by atoms with Crippen LogP contribution in [0.5, 0.6) is 5.75 Å². The molecule has 1 aromatic carbocycles. The molecule has 5 nitrogen and oxygen atoms in total. The number of carbonyl (C=O) groups is 2. The standard InChI is InChI=1S/C17H24N2O3/c1-4-18-17(21)14-7-5-6-11(2)16(14)22-10-15(20)19-12(3)13-8-9-13/h5-7,12-13H,4,8-10H2,1-3H3,(H,18,21)(H,19,20)/t12-/m0/s1. The van der Waals surface area contributed by atoms with Crippen LogP contribution in [0.15, 0.2) is 18.2 Å². The van der Waals surface area contributed by atoms with Crippen molar-refractivity contribution in [2.75, 3.05) is 13.2 Å². The van der Waals surface area contributed by atoms with Gasteiger partial charge in [0.25, 0.3) is 11.8 Å². The van der Waals surface area contributed by atoms with Crippen LogP contribution in [-0.4, -0.2) is 31.0 Å². The van der Waals surface area contributed by atoms with Crippen LogP contribution in [-0.2, 0) is 4.79 Å². The van der Waals surface area contributed by atoms with E-state index < -0.39 is 0 Å². The monoisotopic (exact) mass is 304 g/mol. The van der Waals surface area contributed by atoms with E-state index in [1.807, 2.05) is 32.9 Å². The zero-order valence-electron chi connectivity index (χ0n) is 13.4. The first kappa shape index (κ1) is 16.3. The molecule has 0 aromatic heterocycles. The first-order chi connectivity index (χ1) is 10.5. The van der Waals surface area contributed by atoms with Crippen molar-refractivity contribution in [3.63, 3.8) is 0 Å². The fourth-order valence-electron chi connectivity index (χ4n) is 2.43. The second-order valence-corrected chi connectivity index (χ2v) is 5.79. The molecule has 22 heavy (non-hydrogen) atoms. The average Bonchev–Trinajstić information content (AvgIpc) is 3.30. The maximum atomic E-state index is 12.0. The molecule has 120 valence electrons. The summed E-state index contributed by atoms with van der Waals surface area (Å²) in [5.41, 5.74) is 1.30. The van der Waals surface area contributed by atoms with Gasteiger partial charge in [0.2, 0.25) is 0 Å². The summed E-state index contributed by atoms with van der Waals surface area (Å²) in [4.78, 5) is 24.0. The molecule has 0 aliphatic heterocycles. The molecule has 0 bridgehead atoms. The van der Waals surface area contributed by atoms with Crippen LogP contribution in [0.2, 0.25) is 0 Å². The lowest BCUT2D eigenvalue weighted by Gasteiger charge is -2.16. The van der Waals surface area contributed by atoms with Crippen LogP contribution in [0.3, 0.4) is 0 Å². The van der Waals surface area contributed by atoms with E-state index in [4.69, 9.17) is 4.74 Å². The number of ether oxygens (including phenoxy) is 1. The normalized spacial score (nSPS) is 15.0. The summed E-state index contributed by atoms with van der Waals surface area (Å²) in [5.74, 6) is 0.744. The van der Waals surface area contributed by atoms with Gasteiger partial charge in [-0.1, -0.05) is 12.1 Å². The third-order valence-corrected chi connectivity index (χ3v) is 3.86. The van der Waals surface area contributed by atoms with Gasteiger partial charge in [-0.3, -0.25) is 9.59 Å². The van der Waals surface area contributed by atoms with Gasteiger partial charge in [0, 0.05) is 12.6 Å². The molecule has 0 unspecified atom stereocenters. The van der Waals surface area contributed by atoms with Gasteiger partial charge in [-0.05, 0) is 51.2 Å². The summed E-state index contributed by atoms with van der Waals surface area (Å²) >= 11 is 0.